The van der Waals surface area contributed by atoms with Gasteiger partial charge in [0.15, 0.2) is 5.13 Å². The maximum Gasteiger partial charge on any atom is 0.573 e. The Kier molecular flexibility index (Phi) is 6.50. The van der Waals surface area contributed by atoms with Crippen LogP contribution in [0.3, 0.4) is 0 Å². The first-order valence-corrected chi connectivity index (χ1v) is 9.69. The summed E-state index contributed by atoms with van der Waals surface area (Å²) in [5.41, 5.74) is 2.89. The molecule has 1 aromatic carbocycles. The Hall–Kier alpha value is -3.21. The van der Waals surface area contributed by atoms with E-state index in [1.807, 2.05) is 19.9 Å². The van der Waals surface area contributed by atoms with Crippen molar-refractivity contribution in [3.63, 3.8) is 0 Å². The molecule has 2 N–H and O–H groups in total. The van der Waals surface area contributed by atoms with E-state index in [2.05, 4.69) is 30.3 Å². The first-order valence-electron chi connectivity index (χ1n) is 8.81. The van der Waals surface area contributed by atoms with Gasteiger partial charge in [-0.1, -0.05) is 12.1 Å². The van der Waals surface area contributed by atoms with Gasteiger partial charge in [0, 0.05) is 23.3 Å². The van der Waals surface area contributed by atoms with Gasteiger partial charge in [0.25, 0.3) is 0 Å². The average molecular weight is 437 g/mol. The minimum Gasteiger partial charge on any atom is -0.406 e. The lowest BCUT2D eigenvalue weighted by Crippen LogP contribution is -2.24. The third-order valence-electron chi connectivity index (χ3n) is 3.74. The summed E-state index contributed by atoms with van der Waals surface area (Å²) < 4.78 is 40.3. The fourth-order valence-corrected chi connectivity index (χ4v) is 3.26. The lowest BCUT2D eigenvalue weighted by atomic mass is 10.2. The van der Waals surface area contributed by atoms with Crippen molar-refractivity contribution >= 4 is 28.3 Å². The molecule has 0 saturated carbocycles. The van der Waals surface area contributed by atoms with Crippen LogP contribution in [0.1, 0.15) is 22.6 Å². The lowest BCUT2D eigenvalue weighted by molar-refractivity contribution is -0.274. The maximum atomic E-state index is 12.2. The molecule has 0 fully saturated rings. The number of alkyl halides is 3. The van der Waals surface area contributed by atoms with Crippen LogP contribution in [0, 0.1) is 13.8 Å². The molecule has 0 bridgehead atoms. The minimum atomic E-state index is -4.73. The zero-order valence-corrected chi connectivity index (χ0v) is 16.9. The van der Waals surface area contributed by atoms with E-state index in [9.17, 15) is 18.0 Å². The number of nitrogens with zero attached hydrogens (tertiary/aromatic N) is 3. The molecule has 3 rings (SSSR count). The maximum absolute atomic E-state index is 12.2. The van der Waals surface area contributed by atoms with E-state index >= 15 is 0 Å². The van der Waals surface area contributed by atoms with E-state index in [4.69, 9.17) is 0 Å². The Morgan fingerprint density at radius 2 is 1.77 bits per heavy atom. The number of hydrogen-bond donors (Lipinski definition) is 2. The summed E-state index contributed by atoms with van der Waals surface area (Å²) in [7, 11) is 0. The highest BCUT2D eigenvalue weighted by Crippen LogP contribution is 2.23. The summed E-state index contributed by atoms with van der Waals surface area (Å²) >= 11 is 1.33. The first kappa shape index (κ1) is 21.5. The van der Waals surface area contributed by atoms with E-state index in [1.54, 1.807) is 5.38 Å². The van der Waals surface area contributed by atoms with Crippen molar-refractivity contribution in [3.05, 3.63) is 58.4 Å². The number of aryl methyl sites for hydroxylation is 2. The molecular weight excluding hydrogens is 419 g/mol. The van der Waals surface area contributed by atoms with Crippen LogP contribution in [0.2, 0.25) is 0 Å². The molecule has 3 aromatic rings. The number of anilines is 2. The van der Waals surface area contributed by atoms with Gasteiger partial charge in [0.2, 0.25) is 11.9 Å². The van der Waals surface area contributed by atoms with Crippen molar-refractivity contribution < 1.29 is 22.7 Å². The van der Waals surface area contributed by atoms with E-state index in [0.717, 1.165) is 11.4 Å². The summed E-state index contributed by atoms with van der Waals surface area (Å²) in [5.74, 6) is -0.131. The number of amides is 1. The summed E-state index contributed by atoms with van der Waals surface area (Å²) in [6.45, 7) is 3.92. The second-order valence-corrected chi connectivity index (χ2v) is 7.25. The highest BCUT2D eigenvalue weighted by atomic mass is 32.1. The van der Waals surface area contributed by atoms with Crippen LogP contribution in [0.15, 0.2) is 35.7 Å². The Labute approximate surface area is 174 Å². The van der Waals surface area contributed by atoms with Gasteiger partial charge in [-0.3, -0.25) is 4.79 Å². The Bertz CT molecular complexity index is 1000. The summed E-state index contributed by atoms with van der Waals surface area (Å²) in [6, 6.07) is 7.16. The second kappa shape index (κ2) is 9.08. The van der Waals surface area contributed by atoms with E-state index in [-0.39, 0.29) is 24.6 Å². The predicted octanol–water partition coefficient (Wildman–Crippen LogP) is 4.05. The van der Waals surface area contributed by atoms with Crippen molar-refractivity contribution in [1.82, 2.24) is 20.3 Å². The van der Waals surface area contributed by atoms with Gasteiger partial charge in [-0.25, -0.2) is 15.0 Å². The third kappa shape index (κ3) is 6.69. The largest absolute Gasteiger partial charge is 0.573 e. The molecular formula is C19H18F3N5O2S. The summed E-state index contributed by atoms with van der Waals surface area (Å²) in [6.07, 6.45) is -4.66. The van der Waals surface area contributed by atoms with Crippen LogP contribution in [0.4, 0.5) is 24.3 Å². The molecule has 0 radical (unpaired) electrons. The number of rotatable bonds is 7. The Morgan fingerprint density at radius 1 is 1.10 bits per heavy atom. The molecule has 0 spiro atoms. The fraction of sp³-hybridized carbons (Fsp3) is 0.263. The van der Waals surface area contributed by atoms with Gasteiger partial charge < -0.3 is 15.4 Å². The zero-order chi connectivity index (χ0) is 21.7. The molecule has 0 atom stereocenters. The molecule has 2 heterocycles. The van der Waals surface area contributed by atoms with E-state index < -0.39 is 6.36 Å². The number of halogens is 3. The highest BCUT2D eigenvalue weighted by molar-refractivity contribution is 7.13. The third-order valence-corrected chi connectivity index (χ3v) is 4.55. The SMILES string of the molecule is Cc1cc(C)nc(Nc2nc(CC(=O)NCc3ccc(OC(F)(F)F)cc3)cs2)n1. The predicted molar refractivity (Wildman–Crippen MR) is 106 cm³/mol. The van der Waals surface area contributed by atoms with Crippen molar-refractivity contribution in [2.75, 3.05) is 5.32 Å². The molecule has 0 aliphatic heterocycles. The standard InChI is InChI=1S/C19H18F3N5O2S/c1-11-7-12(2)25-17(24-11)27-18-26-14(10-30-18)8-16(28)23-9-13-3-5-15(6-4-13)29-19(20,21)22/h3-7,10H,8-9H2,1-2H3,(H,23,28)(H,24,25,26,27). The number of thiazole rings is 1. The van der Waals surface area contributed by atoms with Gasteiger partial charge >= 0.3 is 6.36 Å². The fourth-order valence-electron chi connectivity index (χ4n) is 2.56. The molecule has 0 saturated heterocycles. The van der Waals surface area contributed by atoms with Crippen LogP contribution in [-0.4, -0.2) is 27.2 Å². The van der Waals surface area contributed by atoms with Gasteiger partial charge in [-0.05, 0) is 37.6 Å². The molecule has 7 nitrogen and oxygen atoms in total. The number of nitrogens with one attached hydrogen (secondary N) is 2. The molecule has 0 aliphatic carbocycles. The molecule has 0 unspecified atom stereocenters. The van der Waals surface area contributed by atoms with Crippen LogP contribution in [0.5, 0.6) is 5.75 Å². The number of benzene rings is 1. The summed E-state index contributed by atoms with van der Waals surface area (Å²) in [5, 5.41) is 8.06. The molecule has 0 aliphatic rings. The minimum absolute atomic E-state index is 0.0706. The molecule has 2 aromatic heterocycles. The number of carbonyl (C=O) groups is 1. The van der Waals surface area contributed by atoms with Gasteiger partial charge in [-0.15, -0.1) is 24.5 Å². The first-order chi connectivity index (χ1) is 14.2. The van der Waals surface area contributed by atoms with Crippen molar-refractivity contribution in [3.8, 4) is 5.75 Å². The topological polar surface area (TPSA) is 89.0 Å². The van der Waals surface area contributed by atoms with Crippen LogP contribution in [-0.2, 0) is 17.8 Å². The monoisotopic (exact) mass is 437 g/mol. The number of aromatic nitrogens is 3. The molecule has 30 heavy (non-hydrogen) atoms. The zero-order valence-electron chi connectivity index (χ0n) is 16.1. The normalized spacial score (nSPS) is 11.2. The van der Waals surface area contributed by atoms with Crippen LogP contribution >= 0.6 is 11.3 Å². The summed E-state index contributed by atoms with van der Waals surface area (Å²) in [4.78, 5) is 25.0. The Morgan fingerprint density at radius 3 is 2.40 bits per heavy atom. The van der Waals surface area contributed by atoms with Crippen molar-refractivity contribution in [2.45, 2.75) is 33.2 Å². The van der Waals surface area contributed by atoms with Gasteiger partial charge in [0.1, 0.15) is 5.75 Å². The Balaban J connectivity index is 1.49. The molecule has 11 heteroatoms. The number of hydrogen-bond acceptors (Lipinski definition) is 7. The van der Waals surface area contributed by atoms with Gasteiger partial charge in [0.05, 0.1) is 12.1 Å². The average Bonchev–Trinajstić information content (AvgIpc) is 3.05. The number of ether oxygens (including phenoxy) is 1. The smallest absolute Gasteiger partial charge is 0.406 e. The second-order valence-electron chi connectivity index (χ2n) is 6.39. The lowest BCUT2D eigenvalue weighted by Gasteiger charge is -2.09. The van der Waals surface area contributed by atoms with Crippen molar-refractivity contribution in [2.24, 2.45) is 0 Å². The van der Waals surface area contributed by atoms with Crippen LogP contribution in [0.25, 0.3) is 0 Å². The molecule has 1 amide bonds. The van der Waals surface area contributed by atoms with Gasteiger partial charge in [-0.2, -0.15) is 0 Å². The quantitative estimate of drug-likeness (QED) is 0.580. The highest BCUT2D eigenvalue weighted by Gasteiger charge is 2.30. The van der Waals surface area contributed by atoms with Crippen molar-refractivity contribution in [1.29, 1.82) is 0 Å². The van der Waals surface area contributed by atoms with Crippen LogP contribution < -0.4 is 15.4 Å². The van der Waals surface area contributed by atoms with E-state index in [0.29, 0.717) is 22.3 Å². The molecule has 158 valence electrons. The van der Waals surface area contributed by atoms with E-state index in [1.165, 1.54) is 35.6 Å². The number of carbonyl (C=O) groups excluding carboxylic acids is 1.